The first-order chi connectivity index (χ1) is 16.2. The van der Waals surface area contributed by atoms with Crippen LogP contribution >= 0.6 is 11.6 Å². The third kappa shape index (κ3) is 5.85. The molecule has 0 bridgehead atoms. The molecule has 1 atom stereocenters. The Morgan fingerprint density at radius 2 is 2.00 bits per heavy atom. The number of rotatable bonds is 9. The summed E-state index contributed by atoms with van der Waals surface area (Å²) in [4.78, 5) is 38.1. The average molecular weight is 490 g/mol. The largest absolute Gasteiger partial charge is 0.490 e. The lowest BCUT2D eigenvalue weighted by Crippen LogP contribution is -2.38. The zero-order chi connectivity index (χ0) is 24.8. The fraction of sp³-hybridized carbons (Fsp3) is 0.292. The van der Waals surface area contributed by atoms with Crippen LogP contribution in [0.4, 0.5) is 14.9 Å². The molecule has 8 nitrogen and oxygen atoms in total. The van der Waals surface area contributed by atoms with Gasteiger partial charge in [-0.3, -0.25) is 9.59 Å². The molecule has 1 saturated heterocycles. The van der Waals surface area contributed by atoms with Crippen LogP contribution in [-0.4, -0.2) is 42.0 Å². The van der Waals surface area contributed by atoms with Crippen molar-refractivity contribution in [1.29, 1.82) is 0 Å². The van der Waals surface area contributed by atoms with Crippen LogP contribution in [0.3, 0.4) is 0 Å². The van der Waals surface area contributed by atoms with Gasteiger partial charge in [0.2, 0.25) is 5.91 Å². The van der Waals surface area contributed by atoms with Crippen LogP contribution in [0.5, 0.6) is 11.5 Å². The summed E-state index contributed by atoms with van der Waals surface area (Å²) < 4.78 is 25.3. The van der Waals surface area contributed by atoms with Crippen molar-refractivity contribution in [2.75, 3.05) is 18.5 Å². The lowest BCUT2D eigenvalue weighted by Gasteiger charge is -2.18. The highest BCUT2D eigenvalue weighted by Gasteiger charge is 2.35. The number of carbonyl (C=O) groups is 3. The zero-order valence-electron chi connectivity index (χ0n) is 19.0. The van der Waals surface area contributed by atoms with Gasteiger partial charge in [0.15, 0.2) is 11.5 Å². The van der Waals surface area contributed by atoms with Crippen LogP contribution in [0.1, 0.15) is 32.8 Å². The Bertz CT molecular complexity index is 1140. The second-order valence-corrected chi connectivity index (χ2v) is 7.91. The number of nitrogens with zero attached hydrogens (tertiary/aromatic N) is 1. The molecule has 0 radical (unpaired) electrons. The lowest BCUT2D eigenvalue weighted by molar-refractivity contribution is -0.127. The fourth-order valence-electron chi connectivity index (χ4n) is 3.11. The Balaban J connectivity index is 1.78. The number of ether oxygens (including phenoxy) is 2. The van der Waals surface area contributed by atoms with Gasteiger partial charge >= 0.3 is 6.03 Å². The third-order valence-electron chi connectivity index (χ3n) is 4.95. The van der Waals surface area contributed by atoms with Crippen molar-refractivity contribution in [1.82, 2.24) is 10.2 Å². The maximum absolute atomic E-state index is 13.7. The van der Waals surface area contributed by atoms with Crippen molar-refractivity contribution in [3.63, 3.8) is 0 Å². The highest BCUT2D eigenvalue weighted by molar-refractivity contribution is 6.32. The number of urea groups is 1. The van der Waals surface area contributed by atoms with E-state index >= 15 is 0 Å². The number of halogens is 2. The van der Waals surface area contributed by atoms with E-state index in [0.29, 0.717) is 23.7 Å². The minimum Gasteiger partial charge on any atom is -0.490 e. The molecular weight excluding hydrogens is 465 g/mol. The van der Waals surface area contributed by atoms with Crippen LogP contribution in [0.25, 0.3) is 6.08 Å². The molecular formula is C24H25ClFN3O5. The molecule has 1 aliphatic heterocycles. The Kier molecular flexibility index (Phi) is 8.12. The second kappa shape index (κ2) is 11.0. The van der Waals surface area contributed by atoms with Gasteiger partial charge in [0.1, 0.15) is 18.1 Å². The Hall–Kier alpha value is -3.59. The molecule has 0 spiro atoms. The molecule has 3 rings (SSSR count). The van der Waals surface area contributed by atoms with Gasteiger partial charge in [-0.25, -0.2) is 14.1 Å². The first-order valence-electron chi connectivity index (χ1n) is 10.7. The zero-order valence-corrected chi connectivity index (χ0v) is 19.7. The molecule has 2 aromatic carbocycles. The number of hydrogen-bond donors (Lipinski definition) is 2. The number of anilines is 1. The highest BCUT2D eigenvalue weighted by Crippen LogP contribution is 2.38. The van der Waals surface area contributed by atoms with Crippen LogP contribution in [0.15, 0.2) is 42.1 Å². The molecule has 2 N–H and O–H groups in total. The van der Waals surface area contributed by atoms with Gasteiger partial charge in [0, 0.05) is 0 Å². The van der Waals surface area contributed by atoms with Gasteiger partial charge in [0.25, 0.3) is 5.91 Å². The predicted octanol–water partition coefficient (Wildman–Crippen LogP) is 4.59. The molecule has 1 heterocycles. The third-order valence-corrected chi connectivity index (χ3v) is 5.23. The molecule has 10 heteroatoms. The van der Waals surface area contributed by atoms with Crippen LogP contribution < -0.4 is 20.1 Å². The van der Waals surface area contributed by atoms with Crippen molar-refractivity contribution < 1.29 is 28.2 Å². The summed E-state index contributed by atoms with van der Waals surface area (Å²) in [6.45, 7) is 5.49. The van der Waals surface area contributed by atoms with Crippen LogP contribution in [0.2, 0.25) is 5.02 Å². The number of amides is 4. The summed E-state index contributed by atoms with van der Waals surface area (Å²) in [5.74, 6) is -1.25. The highest BCUT2D eigenvalue weighted by atomic mass is 35.5. The SMILES string of the molecule is CCOc1cc(/C=C2/NC(=O)N(CC(=O)Nc3ccccc3F)C2=O)cc(Cl)c1O[C@H](C)CC. The molecule has 0 aromatic heterocycles. The van der Waals surface area contributed by atoms with E-state index in [-0.39, 0.29) is 22.5 Å². The van der Waals surface area contributed by atoms with Gasteiger partial charge in [-0.05, 0) is 56.2 Å². The fourth-order valence-corrected chi connectivity index (χ4v) is 3.37. The van der Waals surface area contributed by atoms with Crippen molar-refractivity contribution >= 4 is 41.2 Å². The average Bonchev–Trinajstić information content (AvgIpc) is 3.05. The smallest absolute Gasteiger partial charge is 0.329 e. The van der Waals surface area contributed by atoms with Crippen molar-refractivity contribution in [2.45, 2.75) is 33.3 Å². The first-order valence-corrected chi connectivity index (χ1v) is 11.1. The summed E-state index contributed by atoms with van der Waals surface area (Å²) in [6, 6.07) is 8.05. The number of hydrogen-bond acceptors (Lipinski definition) is 5. The van der Waals surface area contributed by atoms with Gasteiger partial charge in [-0.2, -0.15) is 0 Å². The summed E-state index contributed by atoms with van der Waals surface area (Å²) in [6.07, 6.45) is 2.12. The molecule has 0 unspecified atom stereocenters. The van der Waals surface area contributed by atoms with E-state index in [1.807, 2.05) is 20.8 Å². The number of imide groups is 1. The monoisotopic (exact) mass is 489 g/mol. The van der Waals surface area contributed by atoms with Gasteiger partial charge in [-0.1, -0.05) is 30.7 Å². The van der Waals surface area contributed by atoms with E-state index in [1.54, 1.807) is 18.2 Å². The summed E-state index contributed by atoms with van der Waals surface area (Å²) >= 11 is 6.41. The maximum atomic E-state index is 13.7. The molecule has 0 saturated carbocycles. The molecule has 2 aromatic rings. The van der Waals surface area contributed by atoms with Crippen LogP contribution in [-0.2, 0) is 9.59 Å². The first kappa shape index (κ1) is 25.0. The van der Waals surface area contributed by atoms with E-state index < -0.39 is 30.2 Å². The number of para-hydroxylation sites is 1. The normalized spacial score (nSPS) is 15.3. The number of carbonyl (C=O) groups excluding carboxylic acids is 3. The van der Waals surface area contributed by atoms with E-state index in [0.717, 1.165) is 11.3 Å². The summed E-state index contributed by atoms with van der Waals surface area (Å²) in [7, 11) is 0. The standard InChI is InChI=1S/C24H25ClFN3O5/c1-4-14(3)34-22-16(25)10-15(12-20(22)33-5-2)11-19-23(31)29(24(32)28-19)13-21(30)27-18-9-7-6-8-17(18)26/h6-12,14H,4-5,13H2,1-3H3,(H,27,30)(H,28,32)/b19-11+/t14-/m1/s1. The topological polar surface area (TPSA) is 97.0 Å². The Labute approximate surface area is 201 Å². The molecule has 180 valence electrons. The van der Waals surface area contributed by atoms with E-state index in [1.165, 1.54) is 24.3 Å². The van der Waals surface area contributed by atoms with Gasteiger partial charge < -0.3 is 20.1 Å². The van der Waals surface area contributed by atoms with Gasteiger partial charge in [-0.15, -0.1) is 0 Å². The minimum atomic E-state index is -0.771. The Morgan fingerprint density at radius 1 is 1.26 bits per heavy atom. The van der Waals surface area contributed by atoms with Crippen LogP contribution in [0, 0.1) is 5.82 Å². The van der Waals surface area contributed by atoms with E-state index in [2.05, 4.69) is 10.6 Å². The summed E-state index contributed by atoms with van der Waals surface area (Å²) in [5, 5.41) is 5.07. The van der Waals surface area contributed by atoms with E-state index in [4.69, 9.17) is 21.1 Å². The van der Waals surface area contributed by atoms with Crippen molar-refractivity contribution in [2.24, 2.45) is 0 Å². The second-order valence-electron chi connectivity index (χ2n) is 7.51. The Morgan fingerprint density at radius 3 is 2.68 bits per heavy atom. The van der Waals surface area contributed by atoms with Gasteiger partial charge in [0.05, 0.1) is 23.4 Å². The molecule has 0 aliphatic carbocycles. The summed E-state index contributed by atoms with van der Waals surface area (Å²) in [5.41, 5.74) is 0.400. The molecule has 1 fully saturated rings. The molecule has 1 aliphatic rings. The maximum Gasteiger partial charge on any atom is 0.329 e. The lowest BCUT2D eigenvalue weighted by atomic mass is 10.1. The molecule has 4 amide bonds. The van der Waals surface area contributed by atoms with E-state index in [9.17, 15) is 18.8 Å². The molecule has 34 heavy (non-hydrogen) atoms. The quantitative estimate of drug-likeness (QED) is 0.397. The minimum absolute atomic E-state index is 0.0437. The predicted molar refractivity (Wildman–Crippen MR) is 126 cm³/mol. The van der Waals surface area contributed by atoms with Crippen molar-refractivity contribution in [3.05, 3.63) is 58.5 Å². The number of nitrogens with one attached hydrogen (secondary N) is 2. The number of benzene rings is 2. The van der Waals surface area contributed by atoms with Crippen molar-refractivity contribution in [3.8, 4) is 11.5 Å².